The van der Waals surface area contributed by atoms with Gasteiger partial charge in [0.15, 0.2) is 5.11 Å². The van der Waals surface area contributed by atoms with E-state index in [2.05, 4.69) is 25.8 Å². The topological polar surface area (TPSA) is 54.3 Å². The van der Waals surface area contributed by atoms with Crippen LogP contribution >= 0.6 is 28.1 Å². The lowest BCUT2D eigenvalue weighted by Gasteiger charge is -2.29. The Balaban J connectivity index is 1.76. The van der Waals surface area contributed by atoms with Crippen LogP contribution in [0.5, 0.6) is 0 Å². The van der Waals surface area contributed by atoms with Crippen molar-refractivity contribution >= 4 is 56.8 Å². The fraction of sp³-hybridized carbons (Fsp3) is 0.160. The van der Waals surface area contributed by atoms with Crippen molar-refractivity contribution < 1.29 is 9.59 Å². The summed E-state index contributed by atoms with van der Waals surface area (Å²) in [6, 6.07) is 15.6. The predicted molar refractivity (Wildman–Crippen MR) is 135 cm³/mol. The van der Waals surface area contributed by atoms with Gasteiger partial charge in [-0.25, -0.2) is 0 Å². The fourth-order valence-electron chi connectivity index (χ4n) is 3.83. The van der Waals surface area contributed by atoms with Crippen molar-refractivity contribution in [3.05, 3.63) is 86.7 Å². The zero-order chi connectivity index (χ0) is 23.2. The van der Waals surface area contributed by atoms with Crippen LogP contribution in [0.4, 0.5) is 5.69 Å². The second kappa shape index (κ2) is 8.48. The number of amides is 2. The molecule has 1 aliphatic heterocycles. The van der Waals surface area contributed by atoms with E-state index in [4.69, 9.17) is 12.2 Å². The first kappa shape index (κ1) is 22.2. The van der Waals surface area contributed by atoms with Crippen molar-refractivity contribution in [1.29, 1.82) is 0 Å². The van der Waals surface area contributed by atoms with Gasteiger partial charge in [0.2, 0.25) is 0 Å². The summed E-state index contributed by atoms with van der Waals surface area (Å²) in [6.45, 7) is 7.95. The number of carbonyl (C=O) groups excluding carboxylic acids is 2. The van der Waals surface area contributed by atoms with Crippen LogP contribution in [0.25, 0.3) is 11.8 Å². The largest absolute Gasteiger partial charge is 0.318 e. The molecular weight excluding hydrogens is 486 g/mol. The van der Waals surface area contributed by atoms with Gasteiger partial charge in [-0.2, -0.15) is 0 Å². The number of benzene rings is 2. The van der Waals surface area contributed by atoms with Crippen molar-refractivity contribution in [3.63, 3.8) is 0 Å². The van der Waals surface area contributed by atoms with Gasteiger partial charge in [0.25, 0.3) is 11.8 Å². The van der Waals surface area contributed by atoms with E-state index in [0.717, 1.165) is 38.2 Å². The molecule has 2 heterocycles. The predicted octanol–water partition coefficient (Wildman–Crippen LogP) is 5.30. The Kier molecular flexibility index (Phi) is 5.88. The molecule has 3 aromatic rings. The molecule has 2 aromatic carbocycles. The summed E-state index contributed by atoms with van der Waals surface area (Å²) in [4.78, 5) is 27.4. The van der Waals surface area contributed by atoms with Crippen molar-refractivity contribution in [2.45, 2.75) is 27.7 Å². The summed E-state index contributed by atoms with van der Waals surface area (Å²) in [5, 5.41) is 2.74. The summed E-state index contributed by atoms with van der Waals surface area (Å²) in [7, 11) is 0. The van der Waals surface area contributed by atoms with Gasteiger partial charge >= 0.3 is 0 Å². The zero-order valence-corrected chi connectivity index (χ0v) is 20.6. The molecule has 0 atom stereocenters. The molecule has 0 bridgehead atoms. The molecule has 0 aliphatic carbocycles. The van der Waals surface area contributed by atoms with Gasteiger partial charge in [-0.05, 0) is 105 Å². The van der Waals surface area contributed by atoms with Crippen molar-refractivity contribution in [2.24, 2.45) is 0 Å². The van der Waals surface area contributed by atoms with Crippen molar-refractivity contribution in [1.82, 2.24) is 9.88 Å². The van der Waals surface area contributed by atoms with E-state index in [1.165, 1.54) is 4.90 Å². The quantitative estimate of drug-likeness (QED) is 0.297. The molecule has 7 heteroatoms. The van der Waals surface area contributed by atoms with E-state index in [-0.39, 0.29) is 10.7 Å². The molecule has 1 N–H and O–H groups in total. The average molecular weight is 508 g/mol. The van der Waals surface area contributed by atoms with Crippen molar-refractivity contribution in [3.8, 4) is 5.69 Å². The highest BCUT2D eigenvalue weighted by molar-refractivity contribution is 9.10. The number of halogens is 1. The van der Waals surface area contributed by atoms with Crippen LogP contribution in [0.15, 0.2) is 58.6 Å². The Morgan fingerprint density at radius 3 is 2.22 bits per heavy atom. The number of aryl methyl sites for hydroxylation is 3. The second-order valence-corrected chi connectivity index (χ2v) is 9.17. The molecule has 5 nitrogen and oxygen atoms in total. The molecule has 0 radical (unpaired) electrons. The SMILES string of the molecule is Cc1ccc(N2C(=O)C(=Cc3cc(C)n(-c4ccc(Br)cc4)c3C)C(=O)NC2=S)cc1C. The van der Waals surface area contributed by atoms with E-state index < -0.39 is 11.8 Å². The Bertz CT molecular complexity index is 1310. The molecule has 32 heavy (non-hydrogen) atoms. The standard InChI is InChI=1S/C25H22BrN3O2S/c1-14-5-8-21(11-15(14)2)29-24(31)22(23(30)27-25(29)32)13-18-12-16(3)28(17(18)4)20-9-6-19(26)7-10-20/h5-13H,1-4H3,(H,27,30,32). The van der Waals surface area contributed by atoms with Crippen LogP contribution in [0.2, 0.25) is 0 Å². The average Bonchev–Trinajstić information content (AvgIpc) is 3.01. The first-order chi connectivity index (χ1) is 15.2. The molecule has 162 valence electrons. The molecule has 1 saturated heterocycles. The number of rotatable bonds is 3. The van der Waals surface area contributed by atoms with Gasteiger partial charge in [-0.15, -0.1) is 0 Å². The van der Waals surface area contributed by atoms with E-state index in [1.807, 2.05) is 76.2 Å². The Morgan fingerprint density at radius 1 is 0.906 bits per heavy atom. The molecule has 0 spiro atoms. The Morgan fingerprint density at radius 2 is 1.56 bits per heavy atom. The molecule has 1 aromatic heterocycles. The lowest BCUT2D eigenvalue weighted by molar-refractivity contribution is -0.122. The van der Waals surface area contributed by atoms with E-state index >= 15 is 0 Å². The van der Waals surface area contributed by atoms with Crippen LogP contribution < -0.4 is 10.2 Å². The number of anilines is 1. The van der Waals surface area contributed by atoms with Crippen LogP contribution in [0, 0.1) is 27.7 Å². The maximum Gasteiger partial charge on any atom is 0.270 e. The lowest BCUT2D eigenvalue weighted by Crippen LogP contribution is -2.54. The van der Waals surface area contributed by atoms with Gasteiger partial charge in [-0.1, -0.05) is 22.0 Å². The number of hydrogen-bond acceptors (Lipinski definition) is 3. The number of carbonyl (C=O) groups is 2. The lowest BCUT2D eigenvalue weighted by atomic mass is 10.1. The molecule has 0 unspecified atom stereocenters. The molecule has 1 aliphatic rings. The number of aromatic nitrogens is 1. The summed E-state index contributed by atoms with van der Waals surface area (Å²) in [5.41, 5.74) is 6.58. The maximum absolute atomic E-state index is 13.4. The smallest absolute Gasteiger partial charge is 0.270 e. The van der Waals surface area contributed by atoms with Gasteiger partial charge in [-0.3, -0.25) is 19.8 Å². The first-order valence-electron chi connectivity index (χ1n) is 10.1. The molecular formula is C25H22BrN3O2S. The normalized spacial score (nSPS) is 15.5. The Labute approximate surface area is 200 Å². The van der Waals surface area contributed by atoms with Gasteiger partial charge in [0.05, 0.1) is 5.69 Å². The third-order valence-electron chi connectivity index (χ3n) is 5.71. The third kappa shape index (κ3) is 3.94. The number of nitrogens with zero attached hydrogens (tertiary/aromatic N) is 2. The van der Waals surface area contributed by atoms with Crippen LogP contribution in [-0.2, 0) is 9.59 Å². The van der Waals surface area contributed by atoms with Gasteiger partial charge in [0, 0.05) is 21.5 Å². The van der Waals surface area contributed by atoms with Gasteiger partial charge in [0.1, 0.15) is 5.57 Å². The molecule has 1 fully saturated rings. The molecule has 4 rings (SSSR count). The third-order valence-corrected chi connectivity index (χ3v) is 6.52. The maximum atomic E-state index is 13.4. The summed E-state index contributed by atoms with van der Waals surface area (Å²) < 4.78 is 3.09. The number of thiocarbonyl (C=S) groups is 1. The minimum Gasteiger partial charge on any atom is -0.318 e. The summed E-state index contributed by atoms with van der Waals surface area (Å²) >= 11 is 8.78. The first-order valence-corrected chi connectivity index (χ1v) is 11.3. The minimum atomic E-state index is -0.492. The van der Waals surface area contributed by atoms with Crippen molar-refractivity contribution in [2.75, 3.05) is 4.90 Å². The summed E-state index contributed by atoms with van der Waals surface area (Å²) in [5.74, 6) is -0.927. The van der Waals surface area contributed by atoms with E-state index in [0.29, 0.717) is 5.69 Å². The van der Waals surface area contributed by atoms with E-state index in [9.17, 15) is 9.59 Å². The summed E-state index contributed by atoms with van der Waals surface area (Å²) in [6.07, 6.45) is 1.64. The van der Waals surface area contributed by atoms with Gasteiger partial charge < -0.3 is 4.57 Å². The van der Waals surface area contributed by atoms with Crippen LogP contribution in [0.1, 0.15) is 28.1 Å². The fourth-order valence-corrected chi connectivity index (χ4v) is 4.38. The highest BCUT2D eigenvalue weighted by Gasteiger charge is 2.34. The molecule has 0 saturated carbocycles. The second-order valence-electron chi connectivity index (χ2n) is 7.86. The van der Waals surface area contributed by atoms with Crippen LogP contribution in [0.3, 0.4) is 0 Å². The Hall–Kier alpha value is -3.03. The highest BCUT2D eigenvalue weighted by atomic mass is 79.9. The molecule has 2 amide bonds. The number of nitrogens with one attached hydrogen (secondary N) is 1. The monoisotopic (exact) mass is 507 g/mol. The van der Waals surface area contributed by atoms with E-state index in [1.54, 1.807) is 6.08 Å². The number of hydrogen-bond donors (Lipinski definition) is 1. The highest BCUT2D eigenvalue weighted by Crippen LogP contribution is 2.27. The zero-order valence-electron chi connectivity index (χ0n) is 18.2. The minimum absolute atomic E-state index is 0.0490. The van der Waals surface area contributed by atoms with Crippen LogP contribution in [-0.4, -0.2) is 21.5 Å².